The average molecular weight is 486 g/mol. The molecule has 4 rings (SSSR count). The number of benzene rings is 2. The molecule has 0 spiro atoms. The number of pyridine rings is 1. The Morgan fingerprint density at radius 2 is 1.81 bits per heavy atom. The summed E-state index contributed by atoms with van der Waals surface area (Å²) in [5.74, 6) is 1.02. The van der Waals surface area contributed by atoms with Crippen molar-refractivity contribution in [3.05, 3.63) is 89.3 Å². The molecule has 0 bridgehead atoms. The van der Waals surface area contributed by atoms with E-state index >= 15 is 0 Å². The molecule has 2 amide bonds. The van der Waals surface area contributed by atoms with Crippen LogP contribution in [0, 0.1) is 0 Å². The number of carbonyl (C=O) groups is 2. The van der Waals surface area contributed by atoms with Gasteiger partial charge in [-0.05, 0) is 93.1 Å². The van der Waals surface area contributed by atoms with Gasteiger partial charge in [0, 0.05) is 24.0 Å². The lowest BCUT2D eigenvalue weighted by molar-refractivity contribution is -0.111. The minimum atomic E-state index is -0.565. The second-order valence-corrected chi connectivity index (χ2v) is 9.67. The monoisotopic (exact) mass is 485 g/mol. The number of alkyl carbamates (subject to hydrolysis) is 1. The standard InChI is InChI=1S/C29H31N3O4/c1-29(2,3)36-28(34)31-19-24-18-26(14-15-30-24)35-25-9-4-6-20(16-25)10-13-27(33)32-23-12-11-21-7-5-8-22(21)17-23/h4,6,9-18H,5,7-8,19H2,1-3H3,(H,31,34)(H,32,33)/b13-10+. The maximum absolute atomic E-state index is 12.4. The first-order chi connectivity index (χ1) is 17.2. The van der Waals surface area contributed by atoms with Crippen LogP contribution in [0.25, 0.3) is 6.08 Å². The highest BCUT2D eigenvalue weighted by Crippen LogP contribution is 2.25. The molecule has 0 fully saturated rings. The van der Waals surface area contributed by atoms with Crippen molar-refractivity contribution in [1.29, 1.82) is 0 Å². The first kappa shape index (κ1) is 25.0. The molecule has 2 aromatic carbocycles. The van der Waals surface area contributed by atoms with Gasteiger partial charge in [0.1, 0.15) is 17.1 Å². The van der Waals surface area contributed by atoms with Crippen LogP contribution in [-0.4, -0.2) is 22.6 Å². The summed E-state index contributed by atoms with van der Waals surface area (Å²) in [6.45, 7) is 5.64. The van der Waals surface area contributed by atoms with Gasteiger partial charge in [0.2, 0.25) is 5.91 Å². The van der Waals surface area contributed by atoms with Crippen molar-refractivity contribution >= 4 is 23.8 Å². The van der Waals surface area contributed by atoms with Gasteiger partial charge >= 0.3 is 6.09 Å². The molecule has 186 valence electrons. The lowest BCUT2D eigenvalue weighted by Crippen LogP contribution is -2.32. The molecule has 1 aliphatic rings. The van der Waals surface area contributed by atoms with E-state index in [4.69, 9.17) is 9.47 Å². The van der Waals surface area contributed by atoms with Gasteiger partial charge in [-0.1, -0.05) is 18.2 Å². The minimum absolute atomic E-state index is 0.185. The maximum atomic E-state index is 12.4. The normalized spacial score (nSPS) is 12.8. The molecule has 0 unspecified atom stereocenters. The molecule has 1 heterocycles. The zero-order valence-corrected chi connectivity index (χ0v) is 20.8. The number of amides is 2. The molecule has 0 radical (unpaired) electrons. The van der Waals surface area contributed by atoms with Gasteiger partial charge in [-0.3, -0.25) is 9.78 Å². The number of hydrogen-bond acceptors (Lipinski definition) is 5. The van der Waals surface area contributed by atoms with E-state index in [0.29, 0.717) is 17.2 Å². The van der Waals surface area contributed by atoms with Crippen molar-refractivity contribution in [1.82, 2.24) is 10.3 Å². The van der Waals surface area contributed by atoms with E-state index in [-0.39, 0.29) is 12.5 Å². The number of aryl methyl sites for hydroxylation is 2. The summed E-state index contributed by atoms with van der Waals surface area (Å²) in [6, 6.07) is 17.0. The largest absolute Gasteiger partial charge is 0.457 e. The Morgan fingerprint density at radius 3 is 2.64 bits per heavy atom. The smallest absolute Gasteiger partial charge is 0.407 e. The number of nitrogens with one attached hydrogen (secondary N) is 2. The average Bonchev–Trinajstić information content (AvgIpc) is 3.29. The molecule has 0 aliphatic heterocycles. The number of nitrogens with zero attached hydrogens (tertiary/aromatic N) is 1. The molecule has 0 saturated heterocycles. The van der Waals surface area contributed by atoms with E-state index in [2.05, 4.69) is 27.8 Å². The van der Waals surface area contributed by atoms with E-state index in [9.17, 15) is 9.59 Å². The summed E-state index contributed by atoms with van der Waals surface area (Å²) in [4.78, 5) is 28.5. The SMILES string of the molecule is CC(C)(C)OC(=O)NCc1cc(Oc2cccc(/C=C/C(=O)Nc3ccc4c(c3)CCC4)c2)ccn1. The highest BCUT2D eigenvalue weighted by atomic mass is 16.6. The van der Waals surface area contributed by atoms with E-state index in [1.54, 1.807) is 24.4 Å². The molecule has 0 atom stereocenters. The number of hydrogen-bond donors (Lipinski definition) is 2. The molecule has 1 aromatic heterocycles. The number of ether oxygens (including phenoxy) is 2. The lowest BCUT2D eigenvalue weighted by atomic mass is 10.1. The van der Waals surface area contributed by atoms with E-state index in [1.807, 2.05) is 51.1 Å². The van der Waals surface area contributed by atoms with Gasteiger partial charge < -0.3 is 20.1 Å². The van der Waals surface area contributed by atoms with Gasteiger partial charge in [0.15, 0.2) is 0 Å². The van der Waals surface area contributed by atoms with Crippen LogP contribution in [0.1, 0.15) is 49.6 Å². The number of fused-ring (bicyclic) bond motifs is 1. The Balaban J connectivity index is 1.33. The zero-order valence-electron chi connectivity index (χ0n) is 20.8. The molecule has 36 heavy (non-hydrogen) atoms. The Morgan fingerprint density at radius 1 is 1.00 bits per heavy atom. The first-order valence-electron chi connectivity index (χ1n) is 12.0. The van der Waals surface area contributed by atoms with Gasteiger partial charge in [0.05, 0.1) is 12.2 Å². The molecular formula is C29H31N3O4. The Labute approximate surface area is 211 Å². The fourth-order valence-electron chi connectivity index (χ4n) is 3.92. The third-order valence-corrected chi connectivity index (χ3v) is 5.49. The molecule has 1 aliphatic carbocycles. The maximum Gasteiger partial charge on any atom is 0.407 e. The second kappa shape index (κ2) is 11.1. The predicted octanol–water partition coefficient (Wildman–Crippen LogP) is 6.04. The van der Waals surface area contributed by atoms with Crippen LogP contribution in [0.3, 0.4) is 0 Å². The third-order valence-electron chi connectivity index (χ3n) is 5.49. The molecule has 3 aromatic rings. The molecule has 2 N–H and O–H groups in total. The van der Waals surface area contributed by atoms with Crippen molar-refractivity contribution < 1.29 is 19.1 Å². The van der Waals surface area contributed by atoms with Crippen LogP contribution < -0.4 is 15.4 Å². The quantitative estimate of drug-likeness (QED) is 0.398. The number of carbonyl (C=O) groups excluding carboxylic acids is 2. The van der Waals surface area contributed by atoms with Crippen LogP contribution >= 0.6 is 0 Å². The molecular weight excluding hydrogens is 454 g/mol. The zero-order chi connectivity index (χ0) is 25.5. The van der Waals surface area contributed by atoms with E-state index in [0.717, 1.165) is 24.1 Å². The van der Waals surface area contributed by atoms with Crippen molar-refractivity contribution in [2.24, 2.45) is 0 Å². The second-order valence-electron chi connectivity index (χ2n) is 9.67. The summed E-state index contributed by atoms with van der Waals surface area (Å²) >= 11 is 0. The fourth-order valence-corrected chi connectivity index (χ4v) is 3.92. The highest BCUT2D eigenvalue weighted by Gasteiger charge is 2.16. The fraction of sp³-hybridized carbons (Fsp3) is 0.276. The van der Waals surface area contributed by atoms with E-state index in [1.165, 1.54) is 23.6 Å². The Bertz CT molecular complexity index is 1280. The minimum Gasteiger partial charge on any atom is -0.457 e. The number of rotatable bonds is 7. The van der Waals surface area contributed by atoms with Crippen LogP contribution in [-0.2, 0) is 28.9 Å². The Hall–Kier alpha value is -4.13. The van der Waals surface area contributed by atoms with Crippen LogP contribution in [0.2, 0.25) is 0 Å². The number of anilines is 1. The third kappa shape index (κ3) is 7.43. The van der Waals surface area contributed by atoms with Crippen molar-refractivity contribution in [3.8, 4) is 11.5 Å². The van der Waals surface area contributed by atoms with Gasteiger partial charge in [-0.2, -0.15) is 0 Å². The summed E-state index contributed by atoms with van der Waals surface area (Å²) in [5, 5.41) is 5.62. The van der Waals surface area contributed by atoms with Gasteiger partial charge in [0.25, 0.3) is 0 Å². The lowest BCUT2D eigenvalue weighted by Gasteiger charge is -2.19. The molecule has 7 nitrogen and oxygen atoms in total. The van der Waals surface area contributed by atoms with E-state index < -0.39 is 11.7 Å². The van der Waals surface area contributed by atoms with Crippen molar-refractivity contribution in [2.75, 3.05) is 5.32 Å². The van der Waals surface area contributed by atoms with Crippen molar-refractivity contribution in [2.45, 2.75) is 52.2 Å². The number of aromatic nitrogens is 1. The summed E-state index contributed by atoms with van der Waals surface area (Å²) < 4.78 is 11.2. The van der Waals surface area contributed by atoms with Crippen molar-refractivity contribution in [3.63, 3.8) is 0 Å². The van der Waals surface area contributed by atoms with Crippen LogP contribution in [0.5, 0.6) is 11.5 Å². The van der Waals surface area contributed by atoms with Gasteiger partial charge in [-0.25, -0.2) is 4.79 Å². The first-order valence-corrected chi connectivity index (χ1v) is 12.0. The molecule has 7 heteroatoms. The van der Waals surface area contributed by atoms with Crippen LogP contribution in [0.15, 0.2) is 66.9 Å². The van der Waals surface area contributed by atoms with Gasteiger partial charge in [-0.15, -0.1) is 0 Å². The predicted molar refractivity (Wildman–Crippen MR) is 140 cm³/mol. The summed E-state index contributed by atoms with van der Waals surface area (Å²) in [5.41, 5.74) is 4.42. The summed E-state index contributed by atoms with van der Waals surface area (Å²) in [6.07, 6.45) is 7.74. The highest BCUT2D eigenvalue weighted by molar-refractivity contribution is 6.02. The molecule has 0 saturated carbocycles. The Kier molecular flexibility index (Phi) is 7.68. The topological polar surface area (TPSA) is 89.5 Å². The van der Waals surface area contributed by atoms with Crippen LogP contribution in [0.4, 0.5) is 10.5 Å². The summed E-state index contributed by atoms with van der Waals surface area (Å²) in [7, 11) is 0.